The molecule has 2 aliphatic heterocycles. The number of nitro benzene ring substituents is 1. The van der Waals surface area contributed by atoms with E-state index in [0.717, 1.165) is 0 Å². The van der Waals surface area contributed by atoms with Gasteiger partial charge in [0.1, 0.15) is 5.75 Å². The molecule has 1 fully saturated rings. The zero-order chi connectivity index (χ0) is 20.8. The summed E-state index contributed by atoms with van der Waals surface area (Å²) in [6.45, 7) is 3.80. The fourth-order valence-corrected chi connectivity index (χ4v) is 3.83. The van der Waals surface area contributed by atoms with E-state index in [9.17, 15) is 19.7 Å². The lowest BCUT2D eigenvalue weighted by molar-refractivity contribution is -0.385. The van der Waals surface area contributed by atoms with Gasteiger partial charge in [0.2, 0.25) is 0 Å². The van der Waals surface area contributed by atoms with Crippen molar-refractivity contribution in [3.05, 3.63) is 63.7 Å². The maximum Gasteiger partial charge on any atom is 0.338 e. The number of carbonyl (C=O) groups is 2. The summed E-state index contributed by atoms with van der Waals surface area (Å²) >= 11 is 0. The van der Waals surface area contributed by atoms with Gasteiger partial charge in [0.05, 0.1) is 23.1 Å². The summed E-state index contributed by atoms with van der Waals surface area (Å²) < 4.78 is 11.1. The Kier molecular flexibility index (Phi) is 4.37. The van der Waals surface area contributed by atoms with Crippen LogP contribution >= 0.6 is 0 Å². The van der Waals surface area contributed by atoms with Gasteiger partial charge in [-0.05, 0) is 44.2 Å². The van der Waals surface area contributed by atoms with E-state index in [1.165, 1.54) is 17.0 Å². The first-order valence-electron chi connectivity index (χ1n) is 9.17. The Balaban J connectivity index is 1.67. The molecule has 1 N–H and O–H groups in total. The zero-order valence-electron chi connectivity index (χ0n) is 15.9. The number of nitrogens with one attached hydrogen (secondary N) is 1. The fraction of sp³-hybridized carbons (Fsp3) is 0.300. The third kappa shape index (κ3) is 3.14. The number of rotatable bonds is 4. The molecule has 2 aromatic carbocycles. The van der Waals surface area contributed by atoms with Crippen molar-refractivity contribution >= 4 is 23.4 Å². The number of nitro groups is 1. The highest BCUT2D eigenvalue weighted by molar-refractivity contribution is 5.96. The van der Waals surface area contributed by atoms with E-state index in [4.69, 9.17) is 9.47 Å². The molecule has 2 aromatic rings. The Hall–Kier alpha value is -3.62. The number of benzene rings is 2. The number of urea groups is 1. The van der Waals surface area contributed by atoms with E-state index in [1.807, 2.05) is 0 Å². The van der Waals surface area contributed by atoms with Gasteiger partial charge in [-0.25, -0.2) is 9.59 Å². The van der Waals surface area contributed by atoms with Crippen LogP contribution in [0.3, 0.4) is 0 Å². The predicted octanol–water partition coefficient (Wildman–Crippen LogP) is 3.54. The summed E-state index contributed by atoms with van der Waals surface area (Å²) in [7, 11) is 0. The van der Waals surface area contributed by atoms with E-state index >= 15 is 0 Å². The average Bonchev–Trinajstić information content (AvgIpc) is 2.67. The van der Waals surface area contributed by atoms with Crippen molar-refractivity contribution < 1.29 is 24.0 Å². The van der Waals surface area contributed by atoms with Crippen molar-refractivity contribution in [3.63, 3.8) is 0 Å². The van der Waals surface area contributed by atoms with Crippen molar-refractivity contribution in [3.8, 4) is 5.75 Å². The minimum Gasteiger partial charge on any atom is -0.467 e. The molecule has 0 aromatic heterocycles. The summed E-state index contributed by atoms with van der Waals surface area (Å²) in [5.41, 5.74) is 0.492. The van der Waals surface area contributed by atoms with Crippen LogP contribution in [0, 0.1) is 10.1 Å². The third-order valence-corrected chi connectivity index (χ3v) is 5.10. The number of nitrogens with zero attached hydrogens (tertiary/aromatic N) is 2. The van der Waals surface area contributed by atoms with E-state index < -0.39 is 22.7 Å². The lowest BCUT2D eigenvalue weighted by Gasteiger charge is -2.50. The van der Waals surface area contributed by atoms with Gasteiger partial charge < -0.3 is 14.8 Å². The summed E-state index contributed by atoms with van der Waals surface area (Å²) in [6, 6.07) is 10.1. The average molecular weight is 397 g/mol. The van der Waals surface area contributed by atoms with Crippen molar-refractivity contribution in [1.29, 1.82) is 0 Å². The molecule has 2 amide bonds. The monoisotopic (exact) mass is 397 g/mol. The van der Waals surface area contributed by atoms with Crippen LogP contribution in [0.25, 0.3) is 0 Å². The Morgan fingerprint density at radius 1 is 1.34 bits per heavy atom. The molecule has 2 bridgehead atoms. The number of hydrogen-bond donors (Lipinski definition) is 1. The largest absolute Gasteiger partial charge is 0.467 e. The van der Waals surface area contributed by atoms with Crippen LogP contribution in [-0.4, -0.2) is 29.3 Å². The molecular weight excluding hydrogens is 378 g/mol. The molecule has 9 nitrogen and oxygen atoms in total. The molecule has 0 radical (unpaired) electrons. The first-order valence-corrected chi connectivity index (χ1v) is 9.17. The van der Waals surface area contributed by atoms with E-state index in [1.54, 1.807) is 44.2 Å². The molecule has 1 saturated heterocycles. The van der Waals surface area contributed by atoms with Gasteiger partial charge in [-0.1, -0.05) is 0 Å². The molecule has 2 aliphatic rings. The number of amides is 2. The normalized spacial score (nSPS) is 22.2. The van der Waals surface area contributed by atoms with Crippen LogP contribution in [-0.2, 0) is 4.74 Å². The second-order valence-corrected chi connectivity index (χ2v) is 7.07. The molecule has 0 unspecified atom stereocenters. The Morgan fingerprint density at radius 3 is 2.72 bits per heavy atom. The second kappa shape index (κ2) is 6.77. The van der Waals surface area contributed by atoms with Crippen molar-refractivity contribution in [2.75, 3.05) is 11.5 Å². The maximum atomic E-state index is 12.9. The molecule has 4 rings (SSSR count). The molecular formula is C20H19N3O6. The number of esters is 1. The van der Waals surface area contributed by atoms with Crippen molar-refractivity contribution in [2.24, 2.45) is 0 Å². The number of anilines is 1. The molecule has 9 heteroatoms. The molecule has 29 heavy (non-hydrogen) atoms. The Labute approximate surface area is 166 Å². The number of hydrogen-bond acceptors (Lipinski definition) is 6. The minimum absolute atomic E-state index is 0.0535. The van der Waals surface area contributed by atoms with Gasteiger partial charge in [0, 0.05) is 29.8 Å². The number of non-ortho nitro benzene ring substituents is 1. The summed E-state index contributed by atoms with van der Waals surface area (Å²) in [5.74, 6) is 0.0559. The van der Waals surface area contributed by atoms with Crippen LogP contribution in [0.4, 0.5) is 16.2 Å². The predicted molar refractivity (Wildman–Crippen MR) is 103 cm³/mol. The molecule has 0 spiro atoms. The number of ether oxygens (including phenoxy) is 2. The maximum absolute atomic E-state index is 12.9. The van der Waals surface area contributed by atoms with E-state index in [2.05, 4.69) is 5.32 Å². The molecule has 150 valence electrons. The number of carbonyl (C=O) groups excluding carboxylic acids is 2. The molecule has 2 heterocycles. The zero-order valence-corrected chi connectivity index (χ0v) is 15.9. The smallest absolute Gasteiger partial charge is 0.338 e. The van der Waals surface area contributed by atoms with Gasteiger partial charge in [-0.3, -0.25) is 15.0 Å². The van der Waals surface area contributed by atoms with Crippen LogP contribution in [0.1, 0.15) is 42.2 Å². The molecule has 0 aliphatic carbocycles. The fourth-order valence-electron chi connectivity index (χ4n) is 3.83. The van der Waals surface area contributed by atoms with Gasteiger partial charge in [0.15, 0.2) is 5.72 Å². The Morgan fingerprint density at radius 2 is 2.07 bits per heavy atom. The van der Waals surface area contributed by atoms with E-state index in [-0.39, 0.29) is 18.3 Å². The van der Waals surface area contributed by atoms with Gasteiger partial charge in [-0.15, -0.1) is 0 Å². The highest BCUT2D eigenvalue weighted by Crippen LogP contribution is 2.46. The highest BCUT2D eigenvalue weighted by Gasteiger charge is 2.50. The lowest BCUT2D eigenvalue weighted by Crippen LogP contribution is -2.65. The van der Waals surface area contributed by atoms with Gasteiger partial charge in [0.25, 0.3) is 5.69 Å². The SMILES string of the molecule is CCOC(=O)c1ccc(N2C(=O)N[C@@H]3C[C@@]2(C)Oc2ccc([N+](=O)[O-])cc23)cc1. The van der Waals surface area contributed by atoms with Gasteiger partial charge in [-0.2, -0.15) is 0 Å². The quantitative estimate of drug-likeness (QED) is 0.480. The first-order chi connectivity index (χ1) is 13.8. The molecule has 2 atom stereocenters. The lowest BCUT2D eigenvalue weighted by atomic mass is 9.90. The van der Waals surface area contributed by atoms with Crippen molar-refractivity contribution in [1.82, 2.24) is 5.32 Å². The van der Waals surface area contributed by atoms with E-state index in [0.29, 0.717) is 29.0 Å². The van der Waals surface area contributed by atoms with Crippen LogP contribution in [0.15, 0.2) is 42.5 Å². The van der Waals surface area contributed by atoms with Crippen LogP contribution < -0.4 is 15.0 Å². The molecule has 0 saturated carbocycles. The van der Waals surface area contributed by atoms with Crippen LogP contribution in [0.5, 0.6) is 5.75 Å². The standard InChI is InChI=1S/C20H19N3O6/c1-3-28-18(24)12-4-6-13(7-5-12)22-19(25)21-16-11-20(22,2)29-17-9-8-14(23(26)27)10-15(16)17/h4-10,16H,3,11H2,1-2H3,(H,21,25)/t16-,20-/m1/s1. The third-order valence-electron chi connectivity index (χ3n) is 5.10. The first kappa shape index (κ1) is 18.7. The topological polar surface area (TPSA) is 111 Å². The minimum atomic E-state index is -0.985. The second-order valence-electron chi connectivity index (χ2n) is 7.07. The summed E-state index contributed by atoms with van der Waals surface area (Å²) in [6.07, 6.45) is 0.409. The van der Waals surface area contributed by atoms with Crippen molar-refractivity contribution in [2.45, 2.75) is 32.0 Å². The summed E-state index contributed by atoms with van der Waals surface area (Å²) in [4.78, 5) is 36.8. The highest BCUT2D eigenvalue weighted by atomic mass is 16.6. The van der Waals surface area contributed by atoms with Crippen LogP contribution in [0.2, 0.25) is 0 Å². The van der Waals surface area contributed by atoms with Gasteiger partial charge >= 0.3 is 12.0 Å². The summed E-state index contributed by atoms with van der Waals surface area (Å²) in [5, 5.41) is 14.0. The number of fused-ring (bicyclic) bond motifs is 4. The Bertz CT molecular complexity index is 1010.